The van der Waals surface area contributed by atoms with E-state index in [-0.39, 0.29) is 5.91 Å². The molecule has 0 saturated carbocycles. The number of esters is 1. The predicted octanol–water partition coefficient (Wildman–Crippen LogP) is 1.89. The number of amides is 1. The van der Waals surface area contributed by atoms with Crippen LogP contribution in [0.25, 0.3) is 0 Å². The first-order valence-electron chi connectivity index (χ1n) is 6.65. The van der Waals surface area contributed by atoms with Gasteiger partial charge in [0.15, 0.2) is 6.10 Å². The molecule has 0 aromatic heterocycles. The highest BCUT2D eigenvalue weighted by Crippen LogP contribution is 2.13. The van der Waals surface area contributed by atoms with Crippen LogP contribution in [0.3, 0.4) is 0 Å². The molecule has 5 heteroatoms. The van der Waals surface area contributed by atoms with Gasteiger partial charge in [0.2, 0.25) is 0 Å². The zero-order valence-electron chi connectivity index (χ0n) is 12.4. The number of anilines is 1. The topological polar surface area (TPSA) is 81.4 Å². The number of hydrogen-bond acceptors (Lipinski definition) is 4. The standard InChI is InChI=1S/C15H22N2O3/c1-9(2)8-17-14(18)11(4)20-15(19)12-5-10(3)6-13(16)7-12/h5-7,9,11H,8,16H2,1-4H3,(H,17,18). The number of aryl methyl sites for hydroxylation is 1. The van der Waals surface area contributed by atoms with Crippen LogP contribution in [0.2, 0.25) is 0 Å². The Balaban J connectivity index is 2.63. The van der Waals surface area contributed by atoms with E-state index < -0.39 is 12.1 Å². The minimum absolute atomic E-state index is 0.298. The predicted molar refractivity (Wildman–Crippen MR) is 78.3 cm³/mol. The van der Waals surface area contributed by atoms with Gasteiger partial charge in [-0.1, -0.05) is 13.8 Å². The van der Waals surface area contributed by atoms with E-state index in [0.717, 1.165) is 5.56 Å². The van der Waals surface area contributed by atoms with Crippen molar-refractivity contribution in [3.63, 3.8) is 0 Å². The number of nitrogens with two attached hydrogens (primary N) is 1. The average molecular weight is 278 g/mol. The molecule has 0 aliphatic heterocycles. The van der Waals surface area contributed by atoms with Gasteiger partial charge in [-0.05, 0) is 43.5 Å². The summed E-state index contributed by atoms with van der Waals surface area (Å²) in [5.74, 6) is -0.501. The average Bonchev–Trinajstić information content (AvgIpc) is 2.34. The Bertz CT molecular complexity index is 478. The summed E-state index contributed by atoms with van der Waals surface area (Å²) >= 11 is 0. The van der Waals surface area contributed by atoms with Crippen molar-refractivity contribution in [2.45, 2.75) is 33.8 Å². The summed E-state index contributed by atoms with van der Waals surface area (Å²) in [6.45, 7) is 7.93. The minimum Gasteiger partial charge on any atom is -0.449 e. The molecular formula is C15H22N2O3. The lowest BCUT2D eigenvalue weighted by atomic mass is 10.1. The molecule has 1 amide bonds. The Hall–Kier alpha value is -2.04. The molecule has 0 bridgehead atoms. The van der Waals surface area contributed by atoms with Crippen molar-refractivity contribution < 1.29 is 14.3 Å². The van der Waals surface area contributed by atoms with E-state index in [0.29, 0.717) is 23.7 Å². The Labute approximate surface area is 119 Å². The third-order valence-corrected chi connectivity index (χ3v) is 2.67. The van der Waals surface area contributed by atoms with Crippen LogP contribution in [0.5, 0.6) is 0 Å². The lowest BCUT2D eigenvalue weighted by molar-refractivity contribution is -0.129. The van der Waals surface area contributed by atoms with Gasteiger partial charge >= 0.3 is 5.97 Å². The normalized spacial score (nSPS) is 12.1. The fraction of sp³-hybridized carbons (Fsp3) is 0.467. The Morgan fingerprint density at radius 1 is 1.25 bits per heavy atom. The Morgan fingerprint density at radius 3 is 2.45 bits per heavy atom. The summed E-state index contributed by atoms with van der Waals surface area (Å²) in [6, 6.07) is 4.97. The van der Waals surface area contributed by atoms with Crippen LogP contribution < -0.4 is 11.1 Å². The summed E-state index contributed by atoms with van der Waals surface area (Å²) in [4.78, 5) is 23.7. The summed E-state index contributed by atoms with van der Waals surface area (Å²) in [5.41, 5.74) is 7.40. The van der Waals surface area contributed by atoms with Crippen LogP contribution in [-0.2, 0) is 9.53 Å². The molecule has 0 heterocycles. The molecule has 0 aliphatic carbocycles. The zero-order valence-corrected chi connectivity index (χ0v) is 12.4. The van der Waals surface area contributed by atoms with Gasteiger partial charge in [-0.25, -0.2) is 4.79 Å². The lowest BCUT2D eigenvalue weighted by Crippen LogP contribution is -2.37. The van der Waals surface area contributed by atoms with Gasteiger partial charge in [0.25, 0.3) is 5.91 Å². The van der Waals surface area contributed by atoms with Gasteiger partial charge in [0.1, 0.15) is 0 Å². The second-order valence-corrected chi connectivity index (χ2v) is 5.32. The van der Waals surface area contributed by atoms with Gasteiger partial charge in [0.05, 0.1) is 5.56 Å². The maximum Gasteiger partial charge on any atom is 0.338 e. The molecule has 20 heavy (non-hydrogen) atoms. The van der Waals surface area contributed by atoms with Crippen molar-refractivity contribution in [2.75, 3.05) is 12.3 Å². The maximum absolute atomic E-state index is 11.9. The van der Waals surface area contributed by atoms with Crippen molar-refractivity contribution in [1.29, 1.82) is 0 Å². The molecular weight excluding hydrogens is 256 g/mol. The van der Waals surface area contributed by atoms with Gasteiger partial charge in [-0.3, -0.25) is 4.79 Å². The smallest absolute Gasteiger partial charge is 0.338 e. The molecule has 0 fully saturated rings. The molecule has 5 nitrogen and oxygen atoms in total. The first-order chi connectivity index (χ1) is 9.29. The highest BCUT2D eigenvalue weighted by atomic mass is 16.5. The molecule has 0 spiro atoms. The van der Waals surface area contributed by atoms with E-state index in [1.54, 1.807) is 19.1 Å². The SMILES string of the molecule is Cc1cc(N)cc(C(=O)OC(C)C(=O)NCC(C)C)c1. The fourth-order valence-corrected chi connectivity index (χ4v) is 1.66. The maximum atomic E-state index is 11.9. The molecule has 1 unspecified atom stereocenters. The highest BCUT2D eigenvalue weighted by Gasteiger charge is 2.19. The van der Waals surface area contributed by atoms with Crippen LogP contribution >= 0.6 is 0 Å². The van der Waals surface area contributed by atoms with E-state index in [9.17, 15) is 9.59 Å². The summed E-state index contributed by atoms with van der Waals surface area (Å²) in [5, 5.41) is 2.72. The number of benzene rings is 1. The number of carbonyl (C=O) groups excluding carboxylic acids is 2. The zero-order chi connectivity index (χ0) is 15.3. The molecule has 0 saturated heterocycles. The van der Waals surface area contributed by atoms with Crippen LogP contribution in [-0.4, -0.2) is 24.5 Å². The first-order valence-corrected chi connectivity index (χ1v) is 6.65. The highest BCUT2D eigenvalue weighted by molar-refractivity contribution is 5.93. The monoisotopic (exact) mass is 278 g/mol. The van der Waals surface area contributed by atoms with Gasteiger partial charge in [-0.15, -0.1) is 0 Å². The van der Waals surface area contributed by atoms with Gasteiger partial charge in [0, 0.05) is 12.2 Å². The Morgan fingerprint density at radius 2 is 1.90 bits per heavy atom. The van der Waals surface area contributed by atoms with E-state index in [1.165, 1.54) is 6.07 Å². The van der Waals surface area contributed by atoms with Crippen LogP contribution in [0.4, 0.5) is 5.69 Å². The van der Waals surface area contributed by atoms with Crippen molar-refractivity contribution in [2.24, 2.45) is 5.92 Å². The molecule has 0 aliphatic rings. The number of rotatable bonds is 5. The number of nitrogens with one attached hydrogen (secondary N) is 1. The molecule has 1 atom stereocenters. The van der Waals surface area contributed by atoms with E-state index in [4.69, 9.17) is 10.5 Å². The van der Waals surface area contributed by atoms with Crippen molar-refractivity contribution in [1.82, 2.24) is 5.32 Å². The fourth-order valence-electron chi connectivity index (χ4n) is 1.66. The number of ether oxygens (including phenoxy) is 1. The quantitative estimate of drug-likeness (QED) is 0.636. The van der Waals surface area contributed by atoms with Crippen molar-refractivity contribution in [3.8, 4) is 0 Å². The van der Waals surface area contributed by atoms with Crippen LogP contribution in [0.15, 0.2) is 18.2 Å². The Kier molecular flexibility index (Phi) is 5.55. The molecule has 1 aromatic rings. The van der Waals surface area contributed by atoms with E-state index >= 15 is 0 Å². The number of carbonyl (C=O) groups is 2. The van der Waals surface area contributed by atoms with E-state index in [2.05, 4.69) is 5.32 Å². The number of hydrogen-bond donors (Lipinski definition) is 2. The van der Waals surface area contributed by atoms with Crippen LogP contribution in [0, 0.1) is 12.8 Å². The summed E-state index contributed by atoms with van der Waals surface area (Å²) < 4.78 is 5.13. The molecule has 3 N–H and O–H groups in total. The van der Waals surface area contributed by atoms with Gasteiger partial charge in [-0.2, -0.15) is 0 Å². The first kappa shape index (κ1) is 16.0. The molecule has 1 aromatic carbocycles. The van der Waals surface area contributed by atoms with Crippen LogP contribution in [0.1, 0.15) is 36.7 Å². The van der Waals surface area contributed by atoms with Crippen molar-refractivity contribution >= 4 is 17.6 Å². The number of nitrogen functional groups attached to an aromatic ring is 1. The third kappa shape index (κ3) is 4.91. The minimum atomic E-state index is -0.831. The second kappa shape index (κ2) is 6.93. The largest absolute Gasteiger partial charge is 0.449 e. The molecule has 110 valence electrons. The third-order valence-electron chi connectivity index (χ3n) is 2.67. The molecule has 1 rings (SSSR count). The summed E-state index contributed by atoms with van der Waals surface area (Å²) in [7, 11) is 0. The van der Waals surface area contributed by atoms with Crippen molar-refractivity contribution in [3.05, 3.63) is 29.3 Å². The van der Waals surface area contributed by atoms with Gasteiger partial charge < -0.3 is 15.8 Å². The lowest BCUT2D eigenvalue weighted by Gasteiger charge is -2.15. The molecule has 0 radical (unpaired) electrons. The second-order valence-electron chi connectivity index (χ2n) is 5.32. The van der Waals surface area contributed by atoms with E-state index in [1.807, 2.05) is 20.8 Å². The summed E-state index contributed by atoms with van der Waals surface area (Å²) in [6.07, 6.45) is -0.831.